The molecular formula is C10H12N6O. The number of hydrogen-bond donors (Lipinski definition) is 2. The summed E-state index contributed by atoms with van der Waals surface area (Å²) in [5.41, 5.74) is 1.26. The normalized spacial score (nSPS) is 16.4. The van der Waals surface area contributed by atoms with Gasteiger partial charge < -0.3 is 15.2 Å². The molecule has 2 aromatic rings. The van der Waals surface area contributed by atoms with Gasteiger partial charge in [0, 0.05) is 26.2 Å². The van der Waals surface area contributed by atoms with Crippen LogP contribution in [0.1, 0.15) is 10.6 Å². The molecule has 0 unspecified atom stereocenters. The zero-order chi connectivity index (χ0) is 11.7. The Morgan fingerprint density at radius 3 is 2.94 bits per heavy atom. The van der Waals surface area contributed by atoms with Gasteiger partial charge in [0.1, 0.15) is 5.52 Å². The number of aromatic amines is 1. The van der Waals surface area contributed by atoms with E-state index in [0.717, 1.165) is 18.6 Å². The lowest BCUT2D eigenvalue weighted by molar-refractivity contribution is 0.0724. The van der Waals surface area contributed by atoms with Crippen LogP contribution in [0.5, 0.6) is 0 Å². The van der Waals surface area contributed by atoms with Gasteiger partial charge in [-0.1, -0.05) is 0 Å². The number of H-pyrrole nitrogens is 1. The second kappa shape index (κ2) is 4.10. The first-order valence-corrected chi connectivity index (χ1v) is 5.51. The van der Waals surface area contributed by atoms with Gasteiger partial charge >= 0.3 is 0 Å². The Bertz CT molecular complexity index is 544. The van der Waals surface area contributed by atoms with Crippen molar-refractivity contribution in [2.24, 2.45) is 0 Å². The summed E-state index contributed by atoms with van der Waals surface area (Å²) in [4.78, 5) is 29.0. The monoisotopic (exact) mass is 232 g/mol. The first-order chi connectivity index (χ1) is 8.34. The second-order valence-electron chi connectivity index (χ2n) is 3.88. The first kappa shape index (κ1) is 10.2. The molecule has 7 heteroatoms. The molecule has 1 aliphatic heterocycles. The SMILES string of the molecule is O=C(c1ncc2[nH]cnc2n1)N1CCNCC1. The molecule has 0 aliphatic carbocycles. The lowest BCUT2D eigenvalue weighted by atomic mass is 10.3. The molecule has 0 atom stereocenters. The van der Waals surface area contributed by atoms with E-state index in [1.165, 1.54) is 0 Å². The van der Waals surface area contributed by atoms with Crippen LogP contribution >= 0.6 is 0 Å². The van der Waals surface area contributed by atoms with Gasteiger partial charge in [0.2, 0.25) is 5.82 Å². The fourth-order valence-electron chi connectivity index (χ4n) is 1.85. The van der Waals surface area contributed by atoms with Crippen LogP contribution in [0.25, 0.3) is 11.2 Å². The molecular weight excluding hydrogens is 220 g/mol. The van der Waals surface area contributed by atoms with Crippen molar-refractivity contribution in [3.63, 3.8) is 0 Å². The van der Waals surface area contributed by atoms with Crippen LogP contribution < -0.4 is 5.32 Å². The highest BCUT2D eigenvalue weighted by atomic mass is 16.2. The quantitative estimate of drug-likeness (QED) is 0.685. The number of fused-ring (bicyclic) bond motifs is 1. The first-order valence-electron chi connectivity index (χ1n) is 5.51. The summed E-state index contributed by atoms with van der Waals surface area (Å²) in [6, 6.07) is 0. The van der Waals surface area contributed by atoms with E-state index in [-0.39, 0.29) is 11.7 Å². The summed E-state index contributed by atoms with van der Waals surface area (Å²) < 4.78 is 0. The molecule has 1 saturated heterocycles. The number of carbonyl (C=O) groups excluding carboxylic acids is 1. The number of nitrogens with zero attached hydrogens (tertiary/aromatic N) is 4. The Labute approximate surface area is 97.3 Å². The summed E-state index contributed by atoms with van der Waals surface area (Å²) >= 11 is 0. The van der Waals surface area contributed by atoms with Crippen LogP contribution in [-0.2, 0) is 0 Å². The minimum absolute atomic E-state index is 0.128. The van der Waals surface area contributed by atoms with Gasteiger partial charge in [0.05, 0.1) is 12.5 Å². The van der Waals surface area contributed by atoms with E-state index in [1.807, 2.05) is 0 Å². The Kier molecular flexibility index (Phi) is 2.45. The van der Waals surface area contributed by atoms with E-state index < -0.39 is 0 Å². The fraction of sp³-hybridized carbons (Fsp3) is 0.400. The van der Waals surface area contributed by atoms with E-state index in [4.69, 9.17) is 0 Å². The van der Waals surface area contributed by atoms with E-state index >= 15 is 0 Å². The number of amides is 1. The molecule has 0 aromatic carbocycles. The van der Waals surface area contributed by atoms with Gasteiger partial charge in [-0.3, -0.25) is 4.79 Å². The summed E-state index contributed by atoms with van der Waals surface area (Å²) in [6.07, 6.45) is 3.13. The molecule has 1 fully saturated rings. The van der Waals surface area contributed by atoms with Crippen LogP contribution in [-0.4, -0.2) is 56.9 Å². The molecule has 1 aliphatic rings. The number of nitrogens with one attached hydrogen (secondary N) is 2. The van der Waals surface area contributed by atoms with E-state index in [9.17, 15) is 4.79 Å². The standard InChI is InChI=1S/C10H12N6O/c17-10(16-3-1-11-2-4-16)9-12-5-7-8(15-9)14-6-13-7/h5-6,11H,1-4H2,(H,12,13,14,15). The Hall–Kier alpha value is -2.02. The number of hydrogen-bond acceptors (Lipinski definition) is 5. The zero-order valence-corrected chi connectivity index (χ0v) is 9.18. The van der Waals surface area contributed by atoms with Crippen molar-refractivity contribution in [3.05, 3.63) is 18.3 Å². The van der Waals surface area contributed by atoms with Gasteiger partial charge in [0.15, 0.2) is 5.65 Å². The van der Waals surface area contributed by atoms with Crippen molar-refractivity contribution < 1.29 is 4.79 Å². The molecule has 0 saturated carbocycles. The summed E-state index contributed by atoms with van der Waals surface area (Å²) in [6.45, 7) is 3.02. The molecule has 17 heavy (non-hydrogen) atoms. The third-order valence-corrected chi connectivity index (χ3v) is 2.77. The molecule has 3 rings (SSSR count). The average molecular weight is 232 g/mol. The van der Waals surface area contributed by atoms with Gasteiger partial charge in [-0.05, 0) is 0 Å². The largest absolute Gasteiger partial charge is 0.342 e. The highest BCUT2D eigenvalue weighted by Gasteiger charge is 2.20. The van der Waals surface area contributed by atoms with Gasteiger partial charge in [-0.15, -0.1) is 0 Å². The van der Waals surface area contributed by atoms with Crippen molar-refractivity contribution in [1.82, 2.24) is 30.2 Å². The summed E-state index contributed by atoms with van der Waals surface area (Å²) in [7, 11) is 0. The van der Waals surface area contributed by atoms with Crippen molar-refractivity contribution in [3.8, 4) is 0 Å². The van der Waals surface area contributed by atoms with Gasteiger partial charge in [-0.2, -0.15) is 0 Å². The molecule has 2 N–H and O–H groups in total. The van der Waals surface area contributed by atoms with Gasteiger partial charge in [0.25, 0.3) is 5.91 Å². The molecule has 0 radical (unpaired) electrons. The van der Waals surface area contributed by atoms with Crippen molar-refractivity contribution in [1.29, 1.82) is 0 Å². The predicted octanol–water partition coefficient (Wildman–Crippen LogP) is -0.602. The molecule has 7 nitrogen and oxygen atoms in total. The maximum atomic E-state index is 12.1. The highest BCUT2D eigenvalue weighted by Crippen LogP contribution is 2.06. The number of imidazole rings is 1. The second-order valence-corrected chi connectivity index (χ2v) is 3.88. The van der Waals surface area contributed by atoms with Crippen LogP contribution in [0.2, 0.25) is 0 Å². The summed E-state index contributed by atoms with van der Waals surface area (Å²) in [5.74, 6) is 0.0860. The predicted molar refractivity (Wildman–Crippen MR) is 60.5 cm³/mol. The molecule has 1 amide bonds. The third kappa shape index (κ3) is 1.84. The number of aromatic nitrogens is 4. The minimum Gasteiger partial charge on any atom is -0.342 e. The van der Waals surface area contributed by atoms with Crippen molar-refractivity contribution in [2.75, 3.05) is 26.2 Å². The number of piperazine rings is 1. The average Bonchev–Trinajstić information content (AvgIpc) is 2.86. The smallest absolute Gasteiger partial charge is 0.291 e. The zero-order valence-electron chi connectivity index (χ0n) is 9.18. The Morgan fingerprint density at radius 2 is 2.12 bits per heavy atom. The molecule has 3 heterocycles. The van der Waals surface area contributed by atoms with E-state index in [2.05, 4.69) is 25.3 Å². The molecule has 88 valence electrons. The third-order valence-electron chi connectivity index (χ3n) is 2.77. The molecule has 2 aromatic heterocycles. The van der Waals surface area contributed by atoms with Crippen molar-refractivity contribution >= 4 is 17.1 Å². The van der Waals surface area contributed by atoms with Crippen LogP contribution in [0.4, 0.5) is 0 Å². The summed E-state index contributed by atoms with van der Waals surface area (Å²) in [5, 5.41) is 3.19. The number of carbonyl (C=O) groups is 1. The lowest BCUT2D eigenvalue weighted by Crippen LogP contribution is -2.46. The maximum Gasteiger partial charge on any atom is 0.291 e. The van der Waals surface area contributed by atoms with Gasteiger partial charge in [-0.25, -0.2) is 15.0 Å². The topological polar surface area (TPSA) is 86.8 Å². The Morgan fingerprint density at radius 1 is 1.29 bits per heavy atom. The van der Waals surface area contributed by atoms with E-state index in [0.29, 0.717) is 18.7 Å². The molecule has 0 bridgehead atoms. The van der Waals surface area contributed by atoms with Crippen molar-refractivity contribution in [2.45, 2.75) is 0 Å². The lowest BCUT2D eigenvalue weighted by Gasteiger charge is -2.26. The highest BCUT2D eigenvalue weighted by molar-refractivity contribution is 5.91. The number of rotatable bonds is 1. The minimum atomic E-state index is -0.128. The molecule has 0 spiro atoms. The maximum absolute atomic E-state index is 12.1. The van der Waals surface area contributed by atoms with E-state index in [1.54, 1.807) is 17.4 Å². The van der Waals surface area contributed by atoms with Crippen LogP contribution in [0.15, 0.2) is 12.5 Å². The van der Waals surface area contributed by atoms with Crippen LogP contribution in [0, 0.1) is 0 Å². The van der Waals surface area contributed by atoms with Crippen LogP contribution in [0.3, 0.4) is 0 Å². The fourth-order valence-corrected chi connectivity index (χ4v) is 1.85. The Balaban J connectivity index is 1.88.